The Morgan fingerprint density at radius 1 is 1.30 bits per heavy atom. The third-order valence-corrected chi connectivity index (χ3v) is 4.18. The summed E-state index contributed by atoms with van der Waals surface area (Å²) in [6, 6.07) is 8.26. The first-order valence-corrected chi connectivity index (χ1v) is 8.36. The molecule has 0 spiro atoms. The van der Waals surface area contributed by atoms with Gasteiger partial charge in [0.1, 0.15) is 11.2 Å². The standard InChI is InChI=1S/C17H14ClN7O2/c1-9-6-13(20-15(26)10-4-3-5-11(18)7-10)25(23-9)17-21-14-12(16(27)22-17)8-19-24(14)2/h3-8H,1-2H3,(H,20,26)(H,21,22,27). The molecule has 1 amide bonds. The molecule has 0 aliphatic rings. The highest BCUT2D eigenvalue weighted by Crippen LogP contribution is 2.17. The first-order chi connectivity index (χ1) is 12.9. The molecule has 4 aromatic rings. The van der Waals surface area contributed by atoms with Crippen molar-refractivity contribution in [3.05, 3.63) is 63.2 Å². The molecule has 3 heterocycles. The Hall–Kier alpha value is -3.46. The number of rotatable bonds is 3. The molecule has 0 aliphatic carbocycles. The van der Waals surface area contributed by atoms with Crippen LogP contribution in [0.2, 0.25) is 5.02 Å². The number of H-pyrrole nitrogens is 1. The van der Waals surface area contributed by atoms with E-state index >= 15 is 0 Å². The molecule has 9 nitrogen and oxygen atoms in total. The molecule has 0 unspecified atom stereocenters. The van der Waals surface area contributed by atoms with E-state index in [2.05, 4.69) is 25.5 Å². The maximum atomic E-state index is 12.5. The van der Waals surface area contributed by atoms with E-state index in [-0.39, 0.29) is 17.4 Å². The predicted octanol–water partition coefficient (Wildman–Crippen LogP) is 2.06. The van der Waals surface area contributed by atoms with Gasteiger partial charge in [-0.25, -0.2) is 0 Å². The monoisotopic (exact) mass is 383 g/mol. The number of benzene rings is 1. The van der Waals surface area contributed by atoms with Crippen LogP contribution in [-0.4, -0.2) is 35.4 Å². The first kappa shape index (κ1) is 17.0. The molecular weight excluding hydrogens is 370 g/mol. The number of nitrogens with zero attached hydrogens (tertiary/aromatic N) is 5. The molecule has 1 aromatic carbocycles. The lowest BCUT2D eigenvalue weighted by Crippen LogP contribution is -2.19. The number of nitrogens with one attached hydrogen (secondary N) is 2. The van der Waals surface area contributed by atoms with E-state index in [9.17, 15) is 9.59 Å². The zero-order valence-electron chi connectivity index (χ0n) is 14.4. The third kappa shape index (κ3) is 3.08. The Labute approximate surface area is 157 Å². The molecule has 27 heavy (non-hydrogen) atoms. The molecule has 0 saturated heterocycles. The first-order valence-electron chi connectivity index (χ1n) is 7.98. The summed E-state index contributed by atoms with van der Waals surface area (Å²) in [7, 11) is 1.69. The fourth-order valence-electron chi connectivity index (χ4n) is 2.69. The number of aromatic nitrogens is 6. The highest BCUT2D eigenvalue weighted by atomic mass is 35.5. The molecule has 0 bridgehead atoms. The van der Waals surface area contributed by atoms with Crippen LogP contribution in [0.5, 0.6) is 0 Å². The van der Waals surface area contributed by atoms with E-state index < -0.39 is 0 Å². The minimum Gasteiger partial charge on any atom is -0.306 e. The van der Waals surface area contributed by atoms with Crippen LogP contribution in [0.3, 0.4) is 0 Å². The topological polar surface area (TPSA) is 110 Å². The molecule has 3 aromatic heterocycles. The molecular formula is C17H14ClN7O2. The van der Waals surface area contributed by atoms with Crippen LogP contribution < -0.4 is 10.9 Å². The Balaban J connectivity index is 1.76. The summed E-state index contributed by atoms with van der Waals surface area (Å²) in [6.45, 7) is 1.77. The van der Waals surface area contributed by atoms with Gasteiger partial charge in [0.15, 0.2) is 5.65 Å². The number of anilines is 1. The second-order valence-corrected chi connectivity index (χ2v) is 6.38. The number of fused-ring (bicyclic) bond motifs is 1. The molecule has 2 N–H and O–H groups in total. The molecule has 0 radical (unpaired) electrons. The van der Waals surface area contributed by atoms with E-state index in [1.165, 1.54) is 15.6 Å². The van der Waals surface area contributed by atoms with E-state index in [1.54, 1.807) is 44.3 Å². The minimum atomic E-state index is -0.359. The van der Waals surface area contributed by atoms with E-state index in [0.29, 0.717) is 33.1 Å². The van der Waals surface area contributed by atoms with Crippen molar-refractivity contribution in [1.29, 1.82) is 0 Å². The molecule has 136 valence electrons. The van der Waals surface area contributed by atoms with Gasteiger partial charge < -0.3 is 5.32 Å². The van der Waals surface area contributed by atoms with Crippen molar-refractivity contribution in [1.82, 2.24) is 29.5 Å². The van der Waals surface area contributed by atoms with E-state index in [0.717, 1.165) is 0 Å². The second kappa shape index (κ2) is 6.36. The summed E-state index contributed by atoms with van der Waals surface area (Å²) < 4.78 is 2.86. The lowest BCUT2D eigenvalue weighted by molar-refractivity contribution is 0.102. The summed E-state index contributed by atoms with van der Waals surface area (Å²) in [5.74, 6) is 0.176. The van der Waals surface area contributed by atoms with Crippen LogP contribution in [-0.2, 0) is 7.05 Å². The molecule has 0 saturated carbocycles. The van der Waals surface area contributed by atoms with Gasteiger partial charge in [0.25, 0.3) is 11.5 Å². The van der Waals surface area contributed by atoms with Crippen molar-refractivity contribution in [2.75, 3.05) is 5.32 Å². The number of aromatic amines is 1. The smallest absolute Gasteiger partial charge is 0.263 e. The number of hydrogen-bond acceptors (Lipinski definition) is 5. The average molecular weight is 384 g/mol. The normalized spacial score (nSPS) is 11.1. The Morgan fingerprint density at radius 2 is 2.11 bits per heavy atom. The average Bonchev–Trinajstić information content (AvgIpc) is 3.18. The lowest BCUT2D eigenvalue weighted by Gasteiger charge is -2.08. The van der Waals surface area contributed by atoms with Gasteiger partial charge in [-0.3, -0.25) is 19.3 Å². The molecule has 4 rings (SSSR count). The Bertz CT molecular complexity index is 1240. The van der Waals surface area contributed by atoms with Crippen molar-refractivity contribution in [3.8, 4) is 5.95 Å². The third-order valence-electron chi connectivity index (χ3n) is 3.95. The quantitative estimate of drug-likeness (QED) is 0.562. The van der Waals surface area contributed by atoms with Gasteiger partial charge in [-0.2, -0.15) is 19.9 Å². The number of halogens is 1. The van der Waals surface area contributed by atoms with Crippen LogP contribution in [0.1, 0.15) is 16.1 Å². The van der Waals surface area contributed by atoms with E-state index in [1.807, 2.05) is 0 Å². The zero-order valence-corrected chi connectivity index (χ0v) is 15.2. The molecule has 10 heteroatoms. The fourth-order valence-corrected chi connectivity index (χ4v) is 2.88. The van der Waals surface area contributed by atoms with Gasteiger partial charge in [0.2, 0.25) is 5.95 Å². The van der Waals surface area contributed by atoms with Gasteiger partial charge in [0, 0.05) is 23.7 Å². The van der Waals surface area contributed by atoms with Crippen molar-refractivity contribution >= 4 is 34.4 Å². The van der Waals surface area contributed by atoms with Crippen LogP contribution in [0, 0.1) is 6.92 Å². The minimum absolute atomic E-state index is 0.172. The number of carbonyl (C=O) groups excluding carboxylic acids is 1. The number of aryl methyl sites for hydroxylation is 2. The van der Waals surface area contributed by atoms with Gasteiger partial charge in [-0.15, -0.1) is 0 Å². The van der Waals surface area contributed by atoms with Crippen molar-refractivity contribution in [2.24, 2.45) is 7.05 Å². The van der Waals surface area contributed by atoms with Crippen molar-refractivity contribution in [3.63, 3.8) is 0 Å². The van der Waals surface area contributed by atoms with Crippen molar-refractivity contribution < 1.29 is 4.79 Å². The second-order valence-electron chi connectivity index (χ2n) is 5.94. The van der Waals surface area contributed by atoms with Gasteiger partial charge in [-0.1, -0.05) is 17.7 Å². The molecule has 0 fully saturated rings. The number of carbonyl (C=O) groups is 1. The van der Waals surface area contributed by atoms with Crippen LogP contribution >= 0.6 is 11.6 Å². The summed E-state index contributed by atoms with van der Waals surface area (Å²) in [6.07, 6.45) is 1.45. The summed E-state index contributed by atoms with van der Waals surface area (Å²) >= 11 is 5.94. The highest BCUT2D eigenvalue weighted by molar-refractivity contribution is 6.31. The highest BCUT2D eigenvalue weighted by Gasteiger charge is 2.16. The Kier molecular flexibility index (Phi) is 4.00. The van der Waals surface area contributed by atoms with Gasteiger partial charge in [-0.05, 0) is 25.1 Å². The molecule has 0 atom stereocenters. The number of hydrogen-bond donors (Lipinski definition) is 2. The summed E-state index contributed by atoms with van der Waals surface area (Å²) in [5, 5.41) is 12.0. The van der Waals surface area contributed by atoms with Crippen LogP contribution in [0.4, 0.5) is 5.82 Å². The van der Waals surface area contributed by atoms with Crippen molar-refractivity contribution in [2.45, 2.75) is 6.92 Å². The SMILES string of the molecule is Cc1cc(NC(=O)c2cccc(Cl)c2)n(-c2nc3c(cnn3C)c(=O)[nH]2)n1. The van der Waals surface area contributed by atoms with Crippen LogP contribution in [0.15, 0.2) is 41.3 Å². The fraction of sp³-hybridized carbons (Fsp3) is 0.118. The van der Waals surface area contributed by atoms with Gasteiger partial charge in [0.05, 0.1) is 11.9 Å². The van der Waals surface area contributed by atoms with Crippen LogP contribution in [0.25, 0.3) is 17.0 Å². The van der Waals surface area contributed by atoms with E-state index in [4.69, 9.17) is 11.6 Å². The Morgan fingerprint density at radius 3 is 2.89 bits per heavy atom. The summed E-state index contributed by atoms with van der Waals surface area (Å²) in [5.41, 5.74) is 1.11. The largest absolute Gasteiger partial charge is 0.306 e. The predicted molar refractivity (Wildman–Crippen MR) is 100 cm³/mol. The lowest BCUT2D eigenvalue weighted by atomic mass is 10.2. The van der Waals surface area contributed by atoms with Gasteiger partial charge >= 0.3 is 0 Å². The maximum Gasteiger partial charge on any atom is 0.263 e. The maximum absolute atomic E-state index is 12.5. The zero-order chi connectivity index (χ0) is 19.1. The number of amides is 1. The molecule has 0 aliphatic heterocycles. The summed E-state index contributed by atoms with van der Waals surface area (Å²) in [4.78, 5) is 31.9.